The van der Waals surface area contributed by atoms with Gasteiger partial charge < -0.3 is 4.42 Å². The van der Waals surface area contributed by atoms with Crippen molar-refractivity contribution in [3.8, 4) is 17.1 Å². The van der Waals surface area contributed by atoms with E-state index < -0.39 is 0 Å². The number of halogens is 1. The largest absolute Gasteiger partial charge is 0.419 e. The van der Waals surface area contributed by atoms with E-state index in [1.54, 1.807) is 30.6 Å². The van der Waals surface area contributed by atoms with Gasteiger partial charge in [-0.3, -0.25) is 9.13 Å². The molecule has 0 aliphatic heterocycles. The summed E-state index contributed by atoms with van der Waals surface area (Å²) in [4.78, 5) is 12.6. The number of rotatable bonds is 4. The first-order valence-corrected chi connectivity index (χ1v) is 8.00. The standard InChI is InChI=1S/C18H13ClN4O2/c19-14-7-4-8-15(11-14)23-10-9-22(18(23)24)12-16-20-21-17(25-16)13-5-2-1-3-6-13/h1-11H,12H2. The van der Waals surface area contributed by atoms with Crippen molar-refractivity contribution >= 4 is 11.6 Å². The third-order valence-corrected chi connectivity index (χ3v) is 3.96. The lowest BCUT2D eigenvalue weighted by molar-refractivity contribution is 0.484. The van der Waals surface area contributed by atoms with E-state index in [2.05, 4.69) is 10.2 Å². The van der Waals surface area contributed by atoms with Crippen molar-refractivity contribution in [2.75, 3.05) is 0 Å². The number of hydrogen-bond acceptors (Lipinski definition) is 4. The normalized spacial score (nSPS) is 10.9. The van der Waals surface area contributed by atoms with Crippen molar-refractivity contribution in [2.24, 2.45) is 0 Å². The average Bonchev–Trinajstić information content (AvgIpc) is 3.24. The quantitative estimate of drug-likeness (QED) is 0.564. The molecule has 0 aliphatic carbocycles. The van der Waals surface area contributed by atoms with Crippen LogP contribution in [0.3, 0.4) is 0 Å². The molecule has 0 saturated carbocycles. The molecular formula is C18H13ClN4O2. The molecule has 0 saturated heterocycles. The van der Waals surface area contributed by atoms with E-state index in [9.17, 15) is 4.79 Å². The zero-order valence-electron chi connectivity index (χ0n) is 13.0. The first-order valence-electron chi connectivity index (χ1n) is 7.62. The molecule has 0 amide bonds. The fourth-order valence-corrected chi connectivity index (χ4v) is 2.70. The van der Waals surface area contributed by atoms with Crippen LogP contribution in [0.5, 0.6) is 0 Å². The number of imidazole rings is 1. The third kappa shape index (κ3) is 3.12. The molecule has 0 atom stereocenters. The zero-order valence-corrected chi connectivity index (χ0v) is 13.8. The molecule has 4 rings (SSSR count). The molecule has 2 aromatic heterocycles. The van der Waals surface area contributed by atoms with Crippen LogP contribution in [0.1, 0.15) is 5.89 Å². The van der Waals surface area contributed by atoms with Crippen LogP contribution in [0.15, 0.2) is 76.2 Å². The molecule has 0 N–H and O–H groups in total. The maximum Gasteiger partial charge on any atom is 0.333 e. The van der Waals surface area contributed by atoms with Gasteiger partial charge in [0, 0.05) is 23.0 Å². The summed E-state index contributed by atoms with van der Waals surface area (Å²) in [5.74, 6) is 0.794. The first kappa shape index (κ1) is 15.4. The fourth-order valence-electron chi connectivity index (χ4n) is 2.52. The Hall–Kier alpha value is -3.12. The van der Waals surface area contributed by atoms with E-state index in [0.29, 0.717) is 22.5 Å². The molecule has 2 aromatic carbocycles. The fraction of sp³-hybridized carbons (Fsp3) is 0.0556. The van der Waals surface area contributed by atoms with Crippen LogP contribution in [-0.2, 0) is 6.54 Å². The summed E-state index contributed by atoms with van der Waals surface area (Å²) < 4.78 is 8.67. The first-order chi connectivity index (χ1) is 12.2. The lowest BCUT2D eigenvalue weighted by atomic mass is 10.2. The maximum atomic E-state index is 12.6. The molecule has 124 valence electrons. The molecule has 4 aromatic rings. The van der Waals surface area contributed by atoms with Gasteiger partial charge in [0.2, 0.25) is 11.8 Å². The molecule has 6 nitrogen and oxygen atoms in total. The topological polar surface area (TPSA) is 65.8 Å². The van der Waals surface area contributed by atoms with Gasteiger partial charge in [-0.2, -0.15) is 0 Å². The number of hydrogen-bond donors (Lipinski definition) is 0. The monoisotopic (exact) mass is 352 g/mol. The summed E-state index contributed by atoms with van der Waals surface area (Å²) >= 11 is 5.99. The van der Waals surface area contributed by atoms with Crippen LogP contribution in [0.2, 0.25) is 5.02 Å². The summed E-state index contributed by atoms with van der Waals surface area (Å²) in [7, 11) is 0. The Morgan fingerprint density at radius 3 is 2.64 bits per heavy atom. The molecule has 0 aliphatic rings. The van der Waals surface area contributed by atoms with Gasteiger partial charge in [0.25, 0.3) is 0 Å². The Bertz CT molecular complexity index is 1070. The second kappa shape index (κ2) is 6.41. The summed E-state index contributed by atoms with van der Waals surface area (Å²) in [5, 5.41) is 8.62. The predicted octanol–water partition coefficient (Wildman–Crippen LogP) is 3.39. The molecule has 0 unspecified atom stereocenters. The minimum atomic E-state index is -0.207. The van der Waals surface area contributed by atoms with E-state index in [0.717, 1.165) is 5.56 Å². The Morgan fingerprint density at radius 1 is 1.00 bits per heavy atom. The highest BCUT2D eigenvalue weighted by Gasteiger charge is 2.11. The molecule has 0 spiro atoms. The summed E-state index contributed by atoms with van der Waals surface area (Å²) in [5.41, 5.74) is 1.33. The highest BCUT2D eigenvalue weighted by molar-refractivity contribution is 6.30. The molecule has 25 heavy (non-hydrogen) atoms. The summed E-state index contributed by atoms with van der Waals surface area (Å²) in [6.07, 6.45) is 3.36. The van der Waals surface area contributed by atoms with Crippen molar-refractivity contribution < 1.29 is 4.42 Å². The Balaban J connectivity index is 1.60. The van der Waals surface area contributed by atoms with Crippen LogP contribution in [-0.4, -0.2) is 19.3 Å². The van der Waals surface area contributed by atoms with Gasteiger partial charge in [0.05, 0.1) is 5.69 Å². The van der Waals surface area contributed by atoms with Gasteiger partial charge in [-0.15, -0.1) is 10.2 Å². The van der Waals surface area contributed by atoms with Crippen LogP contribution >= 0.6 is 11.6 Å². The maximum absolute atomic E-state index is 12.6. The molecular weight excluding hydrogens is 340 g/mol. The van der Waals surface area contributed by atoms with Gasteiger partial charge in [-0.05, 0) is 30.3 Å². The lowest BCUT2D eigenvalue weighted by Crippen LogP contribution is -2.23. The SMILES string of the molecule is O=c1n(Cc2nnc(-c3ccccc3)o2)ccn1-c1cccc(Cl)c1. The molecule has 0 bridgehead atoms. The number of nitrogens with zero attached hydrogens (tertiary/aromatic N) is 4. The average molecular weight is 353 g/mol. The smallest absolute Gasteiger partial charge is 0.333 e. The third-order valence-electron chi connectivity index (χ3n) is 3.73. The Labute approximate surface area is 147 Å². The Morgan fingerprint density at radius 2 is 1.84 bits per heavy atom. The summed E-state index contributed by atoms with van der Waals surface area (Å²) in [6, 6.07) is 16.6. The van der Waals surface area contributed by atoms with Gasteiger partial charge >= 0.3 is 5.69 Å². The van der Waals surface area contributed by atoms with Gasteiger partial charge in [-0.1, -0.05) is 35.9 Å². The minimum Gasteiger partial charge on any atom is -0.419 e. The van der Waals surface area contributed by atoms with Crippen molar-refractivity contribution in [1.82, 2.24) is 19.3 Å². The van der Waals surface area contributed by atoms with Crippen LogP contribution in [0, 0.1) is 0 Å². The van der Waals surface area contributed by atoms with E-state index in [1.807, 2.05) is 36.4 Å². The van der Waals surface area contributed by atoms with E-state index in [1.165, 1.54) is 9.13 Å². The van der Waals surface area contributed by atoms with E-state index >= 15 is 0 Å². The minimum absolute atomic E-state index is 0.201. The molecule has 2 heterocycles. The van der Waals surface area contributed by atoms with Crippen LogP contribution in [0.25, 0.3) is 17.1 Å². The lowest BCUT2D eigenvalue weighted by Gasteiger charge is -2.01. The van der Waals surface area contributed by atoms with Gasteiger partial charge in [-0.25, -0.2) is 4.79 Å². The van der Waals surface area contributed by atoms with Crippen LogP contribution in [0.4, 0.5) is 0 Å². The second-order valence-electron chi connectivity index (χ2n) is 5.43. The molecule has 0 fully saturated rings. The highest BCUT2D eigenvalue weighted by Crippen LogP contribution is 2.17. The Kier molecular flexibility index (Phi) is 3.95. The number of benzene rings is 2. The molecule has 7 heteroatoms. The van der Waals surface area contributed by atoms with Gasteiger partial charge in [0.15, 0.2) is 0 Å². The zero-order chi connectivity index (χ0) is 17.2. The molecule has 0 radical (unpaired) electrons. The predicted molar refractivity (Wildman–Crippen MR) is 93.9 cm³/mol. The van der Waals surface area contributed by atoms with Crippen LogP contribution < -0.4 is 5.69 Å². The summed E-state index contributed by atoms with van der Waals surface area (Å²) in [6.45, 7) is 0.201. The number of aromatic nitrogens is 4. The van der Waals surface area contributed by atoms with Crippen molar-refractivity contribution in [1.29, 1.82) is 0 Å². The van der Waals surface area contributed by atoms with Crippen molar-refractivity contribution in [3.05, 3.63) is 88.4 Å². The van der Waals surface area contributed by atoms with E-state index in [-0.39, 0.29) is 12.2 Å². The van der Waals surface area contributed by atoms with E-state index in [4.69, 9.17) is 16.0 Å². The van der Waals surface area contributed by atoms with Crippen molar-refractivity contribution in [3.63, 3.8) is 0 Å². The van der Waals surface area contributed by atoms with Gasteiger partial charge in [0.1, 0.15) is 6.54 Å². The second-order valence-corrected chi connectivity index (χ2v) is 5.86. The van der Waals surface area contributed by atoms with Crippen molar-refractivity contribution in [2.45, 2.75) is 6.54 Å². The highest BCUT2D eigenvalue weighted by atomic mass is 35.5.